The Morgan fingerprint density at radius 3 is 2.12 bits per heavy atom. The first kappa shape index (κ1) is 17.9. The Balaban J connectivity index is 2.27. The molecule has 0 atom stereocenters. The summed E-state index contributed by atoms with van der Waals surface area (Å²) in [5, 5.41) is 3.95. The van der Waals surface area contributed by atoms with Gasteiger partial charge in [0.15, 0.2) is 5.78 Å². The summed E-state index contributed by atoms with van der Waals surface area (Å²) in [5.74, 6) is -0.304. The number of aryl methyl sites for hydroxylation is 1. The maximum Gasteiger partial charge on any atom is 0.365 e. The highest BCUT2D eigenvalue weighted by atomic mass is 16.7. The van der Waals surface area contributed by atoms with E-state index in [-0.39, 0.29) is 17.6 Å². The summed E-state index contributed by atoms with van der Waals surface area (Å²) >= 11 is 0. The van der Waals surface area contributed by atoms with Gasteiger partial charge in [-0.1, -0.05) is 50.5 Å². The van der Waals surface area contributed by atoms with Crippen LogP contribution in [0.15, 0.2) is 52.7 Å². The zero-order valence-electron chi connectivity index (χ0n) is 14.8. The van der Waals surface area contributed by atoms with Gasteiger partial charge in [-0.25, -0.2) is 4.79 Å². The van der Waals surface area contributed by atoms with Crippen molar-refractivity contribution < 1.29 is 14.4 Å². The van der Waals surface area contributed by atoms with Crippen LogP contribution in [0.5, 0.6) is 0 Å². The number of nitrogens with zero attached hydrogens (tertiary/aromatic N) is 1. The lowest BCUT2D eigenvalue weighted by atomic mass is 9.84. The zero-order chi connectivity index (χ0) is 17.9. The molecule has 4 heteroatoms. The van der Waals surface area contributed by atoms with E-state index in [1.165, 1.54) is 0 Å². The molecule has 1 aliphatic rings. The molecule has 0 aliphatic heterocycles. The summed E-state index contributed by atoms with van der Waals surface area (Å²) in [5.41, 5.74) is 3.29. The van der Waals surface area contributed by atoms with Gasteiger partial charge in [0.1, 0.15) is 5.71 Å². The van der Waals surface area contributed by atoms with Crippen LogP contribution >= 0.6 is 0 Å². The van der Waals surface area contributed by atoms with E-state index in [4.69, 9.17) is 4.84 Å². The minimum absolute atomic E-state index is 0.0453. The normalized spacial score (nSPS) is 14.6. The Morgan fingerprint density at radius 1 is 1.04 bits per heavy atom. The highest BCUT2D eigenvalue weighted by molar-refractivity contribution is 6.22. The van der Waals surface area contributed by atoms with E-state index in [0.717, 1.165) is 5.56 Å². The number of allylic oxidation sites excluding steroid dienone is 4. The summed E-state index contributed by atoms with van der Waals surface area (Å²) in [7, 11) is 0. The fourth-order valence-electron chi connectivity index (χ4n) is 2.49. The number of oxime groups is 1. The van der Waals surface area contributed by atoms with E-state index in [1.54, 1.807) is 30.4 Å². The molecular weight excluding hydrogens is 302 g/mol. The van der Waals surface area contributed by atoms with Crippen molar-refractivity contribution in [2.45, 2.75) is 34.6 Å². The molecule has 1 aliphatic carbocycles. The zero-order valence-corrected chi connectivity index (χ0v) is 14.8. The molecule has 0 N–H and O–H groups in total. The van der Waals surface area contributed by atoms with Gasteiger partial charge in [0.2, 0.25) is 0 Å². The maximum absolute atomic E-state index is 12.5. The van der Waals surface area contributed by atoms with Crippen molar-refractivity contribution >= 4 is 17.5 Å². The number of hydrogen-bond donors (Lipinski definition) is 0. The summed E-state index contributed by atoms with van der Waals surface area (Å²) in [6.07, 6.45) is 3.39. The number of benzene rings is 1. The van der Waals surface area contributed by atoms with Gasteiger partial charge in [-0.15, -0.1) is 0 Å². The van der Waals surface area contributed by atoms with Gasteiger partial charge in [0, 0.05) is 11.1 Å². The second kappa shape index (κ2) is 7.39. The van der Waals surface area contributed by atoms with Crippen LogP contribution in [-0.2, 0) is 9.63 Å². The number of rotatable bonds is 4. The summed E-state index contributed by atoms with van der Waals surface area (Å²) in [6, 6.07) is 7.14. The molecule has 0 saturated carbocycles. The molecule has 0 bridgehead atoms. The topological polar surface area (TPSA) is 55.7 Å². The predicted octanol–water partition coefficient (Wildman–Crippen LogP) is 4.26. The highest BCUT2D eigenvalue weighted by Crippen LogP contribution is 2.25. The molecule has 0 heterocycles. The molecule has 0 spiro atoms. The van der Waals surface area contributed by atoms with Gasteiger partial charge in [0.05, 0.1) is 5.56 Å². The third-order valence-corrected chi connectivity index (χ3v) is 3.86. The minimum Gasteiger partial charge on any atom is -0.312 e. The molecule has 0 radical (unpaired) electrons. The van der Waals surface area contributed by atoms with Crippen LogP contribution < -0.4 is 0 Å². The molecule has 0 unspecified atom stereocenters. The third-order valence-electron chi connectivity index (χ3n) is 3.86. The Labute approximate surface area is 142 Å². The number of hydrogen-bond acceptors (Lipinski definition) is 4. The highest BCUT2D eigenvalue weighted by Gasteiger charge is 2.25. The van der Waals surface area contributed by atoms with E-state index >= 15 is 0 Å². The van der Waals surface area contributed by atoms with Gasteiger partial charge in [0.25, 0.3) is 0 Å². The SMILES string of the molecule is Cc1cccc(C(=O)ON=C2C=C(C(C)C)C(=O)C(C(C)C)=C2)c1. The second-order valence-electron chi connectivity index (χ2n) is 6.60. The Morgan fingerprint density at radius 2 is 1.62 bits per heavy atom. The van der Waals surface area contributed by atoms with Crippen molar-refractivity contribution in [1.29, 1.82) is 0 Å². The summed E-state index contributed by atoms with van der Waals surface area (Å²) in [4.78, 5) is 29.6. The number of carbonyl (C=O) groups is 2. The Kier molecular flexibility index (Phi) is 5.50. The van der Waals surface area contributed by atoms with E-state index in [9.17, 15) is 9.59 Å². The van der Waals surface area contributed by atoms with Crippen LogP contribution in [0.25, 0.3) is 0 Å². The average molecular weight is 325 g/mol. The van der Waals surface area contributed by atoms with Gasteiger partial charge < -0.3 is 4.84 Å². The Hall–Kier alpha value is -2.49. The van der Waals surface area contributed by atoms with Crippen molar-refractivity contribution in [2.75, 3.05) is 0 Å². The standard InChI is InChI=1S/C20H23NO3/c1-12(2)17-10-16(11-18(13(3)4)19(17)22)21-24-20(23)15-8-6-7-14(5)9-15/h6-13H,1-5H3. The first-order valence-electron chi connectivity index (χ1n) is 8.13. The fourth-order valence-corrected chi connectivity index (χ4v) is 2.49. The molecule has 2 rings (SSSR count). The van der Waals surface area contributed by atoms with Gasteiger partial charge in [-0.2, -0.15) is 0 Å². The lowest BCUT2D eigenvalue weighted by Gasteiger charge is -2.19. The predicted molar refractivity (Wildman–Crippen MR) is 94.9 cm³/mol. The van der Waals surface area contributed by atoms with Crippen molar-refractivity contribution in [3.63, 3.8) is 0 Å². The minimum atomic E-state index is -0.512. The lowest BCUT2D eigenvalue weighted by molar-refractivity contribution is -0.113. The molecule has 1 aromatic rings. The molecule has 0 fully saturated rings. The smallest absolute Gasteiger partial charge is 0.312 e. The number of carbonyl (C=O) groups excluding carboxylic acids is 2. The van der Waals surface area contributed by atoms with Crippen molar-refractivity contribution in [3.8, 4) is 0 Å². The Bertz CT molecular complexity index is 722. The van der Waals surface area contributed by atoms with E-state index in [1.807, 2.05) is 40.7 Å². The number of ketones is 1. The van der Waals surface area contributed by atoms with Gasteiger partial charge in [-0.05, 0) is 43.0 Å². The molecule has 0 saturated heterocycles. The second-order valence-corrected chi connectivity index (χ2v) is 6.60. The molecule has 126 valence electrons. The van der Waals surface area contributed by atoms with Crippen LogP contribution in [0.2, 0.25) is 0 Å². The van der Waals surface area contributed by atoms with E-state index in [0.29, 0.717) is 22.4 Å². The van der Waals surface area contributed by atoms with Crippen LogP contribution in [0, 0.1) is 18.8 Å². The third kappa shape index (κ3) is 4.07. The van der Waals surface area contributed by atoms with Crippen molar-refractivity contribution in [3.05, 3.63) is 58.7 Å². The van der Waals surface area contributed by atoms with Crippen LogP contribution in [-0.4, -0.2) is 17.5 Å². The first-order valence-corrected chi connectivity index (χ1v) is 8.13. The van der Waals surface area contributed by atoms with E-state index in [2.05, 4.69) is 5.16 Å². The molecular formula is C20H23NO3. The van der Waals surface area contributed by atoms with Crippen LogP contribution in [0.1, 0.15) is 43.6 Å². The monoisotopic (exact) mass is 325 g/mol. The largest absolute Gasteiger partial charge is 0.365 e. The molecule has 0 aromatic heterocycles. The van der Waals surface area contributed by atoms with Gasteiger partial charge in [-0.3, -0.25) is 4.79 Å². The average Bonchev–Trinajstić information content (AvgIpc) is 2.52. The molecule has 4 nitrogen and oxygen atoms in total. The van der Waals surface area contributed by atoms with Crippen LogP contribution in [0.4, 0.5) is 0 Å². The fraction of sp³-hybridized carbons (Fsp3) is 0.350. The summed E-state index contributed by atoms with van der Waals surface area (Å²) in [6.45, 7) is 9.75. The van der Waals surface area contributed by atoms with E-state index < -0.39 is 5.97 Å². The van der Waals surface area contributed by atoms with Crippen LogP contribution in [0.3, 0.4) is 0 Å². The molecule has 24 heavy (non-hydrogen) atoms. The first-order chi connectivity index (χ1) is 11.3. The van der Waals surface area contributed by atoms with Crippen molar-refractivity contribution in [1.82, 2.24) is 0 Å². The van der Waals surface area contributed by atoms with Crippen molar-refractivity contribution in [2.24, 2.45) is 17.0 Å². The molecule has 0 amide bonds. The quantitative estimate of drug-likeness (QED) is 0.472. The lowest BCUT2D eigenvalue weighted by Crippen LogP contribution is -2.21. The number of Topliss-reactive ketones (excluding diaryl/α,β-unsaturated/α-hetero) is 1. The summed E-state index contributed by atoms with van der Waals surface area (Å²) < 4.78 is 0. The molecule has 1 aromatic carbocycles. The maximum atomic E-state index is 12.5. The van der Waals surface area contributed by atoms with Gasteiger partial charge >= 0.3 is 5.97 Å².